The molecule has 140 valence electrons. The van der Waals surface area contributed by atoms with Crippen molar-refractivity contribution in [2.45, 2.75) is 18.9 Å². The maximum atomic E-state index is 12.8. The number of benzene rings is 2. The van der Waals surface area contributed by atoms with Gasteiger partial charge in [-0.3, -0.25) is 14.5 Å². The van der Waals surface area contributed by atoms with Crippen LogP contribution in [-0.4, -0.2) is 35.8 Å². The van der Waals surface area contributed by atoms with Crippen molar-refractivity contribution < 1.29 is 14.4 Å². The number of carbonyl (C=O) groups excluding carboxylic acids is 3. The Morgan fingerprint density at radius 1 is 1.15 bits per heavy atom. The maximum Gasteiger partial charge on any atom is 0.325 e. The molecule has 0 saturated carbocycles. The van der Waals surface area contributed by atoms with E-state index in [1.165, 1.54) is 0 Å². The molecular formula is C20H20BrN3O3. The number of hydrogen-bond acceptors (Lipinski definition) is 3. The molecular weight excluding hydrogens is 410 g/mol. The largest absolute Gasteiger partial charge is 0.354 e. The predicted molar refractivity (Wildman–Crippen MR) is 105 cm³/mol. The summed E-state index contributed by atoms with van der Waals surface area (Å²) in [4.78, 5) is 38.3. The van der Waals surface area contributed by atoms with Gasteiger partial charge < -0.3 is 10.6 Å². The van der Waals surface area contributed by atoms with Gasteiger partial charge in [0, 0.05) is 11.0 Å². The Morgan fingerprint density at radius 2 is 1.89 bits per heavy atom. The highest BCUT2D eigenvalue weighted by molar-refractivity contribution is 9.10. The van der Waals surface area contributed by atoms with E-state index in [2.05, 4.69) is 26.6 Å². The van der Waals surface area contributed by atoms with Gasteiger partial charge in [-0.15, -0.1) is 0 Å². The lowest BCUT2D eigenvalue weighted by Gasteiger charge is -2.22. The molecule has 1 saturated heterocycles. The van der Waals surface area contributed by atoms with Gasteiger partial charge in [-0.2, -0.15) is 0 Å². The summed E-state index contributed by atoms with van der Waals surface area (Å²) in [5, 5.41) is 5.45. The summed E-state index contributed by atoms with van der Waals surface area (Å²) in [6, 6.07) is 16.4. The van der Waals surface area contributed by atoms with Crippen LogP contribution in [0.4, 0.5) is 4.79 Å². The summed E-state index contributed by atoms with van der Waals surface area (Å²) < 4.78 is 0.806. The Bertz CT molecular complexity index is 872. The number of imide groups is 1. The van der Waals surface area contributed by atoms with Crippen LogP contribution in [0.15, 0.2) is 59.1 Å². The number of hydrogen-bond donors (Lipinski definition) is 2. The van der Waals surface area contributed by atoms with Crippen molar-refractivity contribution >= 4 is 33.8 Å². The molecule has 1 fully saturated rings. The molecule has 1 atom stereocenters. The topological polar surface area (TPSA) is 78.5 Å². The molecule has 2 N–H and O–H groups in total. The van der Waals surface area contributed by atoms with Crippen LogP contribution in [0.2, 0.25) is 0 Å². The average molecular weight is 430 g/mol. The van der Waals surface area contributed by atoms with Crippen LogP contribution < -0.4 is 10.6 Å². The van der Waals surface area contributed by atoms with Gasteiger partial charge in [-0.05, 0) is 36.6 Å². The van der Waals surface area contributed by atoms with Crippen LogP contribution >= 0.6 is 15.9 Å². The average Bonchev–Trinajstić information content (AvgIpc) is 2.87. The van der Waals surface area contributed by atoms with E-state index in [9.17, 15) is 14.4 Å². The summed E-state index contributed by atoms with van der Waals surface area (Å²) in [6.45, 7) is 1.78. The molecule has 0 radical (unpaired) electrons. The zero-order chi connectivity index (χ0) is 19.4. The van der Waals surface area contributed by atoms with E-state index >= 15 is 0 Å². The molecule has 0 spiro atoms. The molecule has 7 heteroatoms. The van der Waals surface area contributed by atoms with Crippen LogP contribution in [0.25, 0.3) is 0 Å². The normalized spacial score (nSPS) is 19.1. The third-order valence-electron chi connectivity index (χ3n) is 4.56. The van der Waals surface area contributed by atoms with Gasteiger partial charge in [0.05, 0.1) is 0 Å². The second-order valence-electron chi connectivity index (χ2n) is 6.54. The third-order valence-corrected chi connectivity index (χ3v) is 5.05. The molecule has 0 aliphatic carbocycles. The summed E-state index contributed by atoms with van der Waals surface area (Å²) >= 11 is 3.37. The second kappa shape index (κ2) is 7.92. The van der Waals surface area contributed by atoms with E-state index in [0.29, 0.717) is 18.5 Å². The van der Waals surface area contributed by atoms with Crippen molar-refractivity contribution in [2.75, 3.05) is 13.1 Å². The molecule has 0 aromatic heterocycles. The Balaban J connectivity index is 1.61. The van der Waals surface area contributed by atoms with Crippen molar-refractivity contribution in [3.63, 3.8) is 0 Å². The number of nitrogens with one attached hydrogen (secondary N) is 2. The van der Waals surface area contributed by atoms with Crippen LogP contribution in [0.5, 0.6) is 0 Å². The molecule has 6 nitrogen and oxygen atoms in total. The van der Waals surface area contributed by atoms with E-state index in [4.69, 9.17) is 0 Å². The fourth-order valence-electron chi connectivity index (χ4n) is 3.03. The van der Waals surface area contributed by atoms with Gasteiger partial charge in [0.1, 0.15) is 12.1 Å². The Morgan fingerprint density at radius 3 is 2.59 bits per heavy atom. The first-order valence-electron chi connectivity index (χ1n) is 8.61. The van der Waals surface area contributed by atoms with Gasteiger partial charge in [0.25, 0.3) is 5.91 Å². The zero-order valence-corrected chi connectivity index (χ0v) is 16.5. The van der Waals surface area contributed by atoms with Crippen molar-refractivity contribution in [1.29, 1.82) is 0 Å². The first kappa shape index (κ1) is 19.1. The van der Waals surface area contributed by atoms with Gasteiger partial charge >= 0.3 is 6.03 Å². The molecule has 2 aromatic rings. The molecule has 4 amide bonds. The fourth-order valence-corrected chi connectivity index (χ4v) is 3.43. The first-order chi connectivity index (χ1) is 12.9. The monoisotopic (exact) mass is 429 g/mol. The lowest BCUT2D eigenvalue weighted by Crippen LogP contribution is -2.43. The highest BCUT2D eigenvalue weighted by Gasteiger charge is 2.49. The SMILES string of the molecule is CC1(c2cccc(Br)c2)NC(=O)N(CC(=O)NCCc2ccccc2)C1=O. The van der Waals surface area contributed by atoms with Gasteiger partial charge in [-0.25, -0.2) is 4.79 Å². The van der Waals surface area contributed by atoms with Crippen molar-refractivity contribution in [2.24, 2.45) is 0 Å². The summed E-state index contributed by atoms with van der Waals surface area (Å²) in [5.41, 5.74) is 0.572. The first-order valence-corrected chi connectivity index (χ1v) is 9.40. The second-order valence-corrected chi connectivity index (χ2v) is 7.46. The van der Waals surface area contributed by atoms with E-state index in [0.717, 1.165) is 14.9 Å². The van der Waals surface area contributed by atoms with Crippen LogP contribution in [0.1, 0.15) is 18.1 Å². The molecule has 0 bridgehead atoms. The van der Waals surface area contributed by atoms with E-state index in [1.807, 2.05) is 36.4 Å². The molecule has 3 rings (SSSR count). The van der Waals surface area contributed by atoms with E-state index in [1.54, 1.807) is 25.1 Å². The molecule has 1 unspecified atom stereocenters. The van der Waals surface area contributed by atoms with Gasteiger partial charge in [0.2, 0.25) is 5.91 Å². The number of halogens is 1. The number of rotatable bonds is 6. The number of amides is 4. The summed E-state index contributed by atoms with van der Waals surface area (Å²) in [7, 11) is 0. The third kappa shape index (κ3) is 4.19. The Hall–Kier alpha value is -2.67. The number of urea groups is 1. The zero-order valence-electron chi connectivity index (χ0n) is 14.9. The maximum absolute atomic E-state index is 12.8. The fraction of sp³-hybridized carbons (Fsp3) is 0.250. The minimum atomic E-state index is -1.19. The number of carbonyl (C=O) groups is 3. The minimum Gasteiger partial charge on any atom is -0.354 e. The van der Waals surface area contributed by atoms with Gasteiger partial charge in [0.15, 0.2) is 0 Å². The van der Waals surface area contributed by atoms with Crippen LogP contribution in [-0.2, 0) is 21.5 Å². The minimum absolute atomic E-state index is 0.303. The summed E-state index contributed by atoms with van der Waals surface area (Å²) in [6.07, 6.45) is 0.683. The van der Waals surface area contributed by atoms with E-state index in [-0.39, 0.29) is 12.5 Å². The lowest BCUT2D eigenvalue weighted by atomic mass is 9.92. The Kier molecular flexibility index (Phi) is 5.60. The summed E-state index contributed by atoms with van der Waals surface area (Å²) in [5.74, 6) is -0.809. The smallest absolute Gasteiger partial charge is 0.325 e. The molecule has 1 aliphatic rings. The molecule has 1 heterocycles. The molecule has 1 aliphatic heterocycles. The van der Waals surface area contributed by atoms with Gasteiger partial charge in [-0.1, -0.05) is 58.4 Å². The quantitative estimate of drug-likeness (QED) is 0.692. The standard InChI is InChI=1S/C20H20BrN3O3/c1-20(15-8-5-9-16(21)12-15)18(26)24(19(27)23-20)13-17(25)22-11-10-14-6-3-2-4-7-14/h2-9,12H,10-11,13H2,1H3,(H,22,25)(H,23,27). The van der Waals surface area contributed by atoms with E-state index < -0.39 is 17.5 Å². The van der Waals surface area contributed by atoms with Crippen LogP contribution in [0.3, 0.4) is 0 Å². The highest BCUT2D eigenvalue weighted by Crippen LogP contribution is 2.30. The Labute approximate surface area is 166 Å². The van der Waals surface area contributed by atoms with Crippen molar-refractivity contribution in [3.8, 4) is 0 Å². The van der Waals surface area contributed by atoms with Crippen molar-refractivity contribution in [1.82, 2.24) is 15.5 Å². The number of nitrogens with zero attached hydrogens (tertiary/aromatic N) is 1. The lowest BCUT2D eigenvalue weighted by molar-refractivity contribution is -0.134. The molecule has 27 heavy (non-hydrogen) atoms. The van der Waals surface area contributed by atoms with Crippen molar-refractivity contribution in [3.05, 3.63) is 70.2 Å². The molecule has 2 aromatic carbocycles. The highest BCUT2D eigenvalue weighted by atomic mass is 79.9. The predicted octanol–water partition coefficient (Wildman–Crippen LogP) is 2.58. The van der Waals surface area contributed by atoms with Crippen LogP contribution in [0, 0.1) is 0 Å².